The van der Waals surface area contributed by atoms with E-state index in [-0.39, 0.29) is 22.6 Å². The molecular formula is C24H29N3O4S. The van der Waals surface area contributed by atoms with Crippen molar-refractivity contribution in [3.63, 3.8) is 0 Å². The smallest absolute Gasteiger partial charge is 0.263 e. The zero-order valence-corrected chi connectivity index (χ0v) is 19.2. The van der Waals surface area contributed by atoms with Crippen molar-refractivity contribution in [2.45, 2.75) is 37.6 Å². The quantitative estimate of drug-likeness (QED) is 0.725. The van der Waals surface area contributed by atoms with Crippen LogP contribution < -0.4 is 9.46 Å². The minimum absolute atomic E-state index is 0.0569. The number of ether oxygens (including phenoxy) is 1. The van der Waals surface area contributed by atoms with Gasteiger partial charge in [-0.3, -0.25) is 14.5 Å². The van der Waals surface area contributed by atoms with E-state index < -0.39 is 16.1 Å². The van der Waals surface area contributed by atoms with Crippen molar-refractivity contribution in [3.05, 3.63) is 60.2 Å². The number of hydrogen-bond acceptors (Lipinski definition) is 5. The molecule has 1 saturated heterocycles. The highest BCUT2D eigenvalue weighted by atomic mass is 32.2. The van der Waals surface area contributed by atoms with E-state index in [0.29, 0.717) is 31.2 Å². The highest BCUT2D eigenvalue weighted by Gasteiger charge is 2.34. The fourth-order valence-corrected chi connectivity index (χ4v) is 5.34. The molecule has 1 fully saturated rings. The second-order valence-corrected chi connectivity index (χ2v) is 10.3. The van der Waals surface area contributed by atoms with Gasteiger partial charge in [-0.25, -0.2) is 8.42 Å². The molecule has 1 atom stereocenters. The third-order valence-electron chi connectivity index (χ3n) is 5.97. The van der Waals surface area contributed by atoms with Gasteiger partial charge >= 0.3 is 0 Å². The van der Waals surface area contributed by atoms with Gasteiger partial charge in [0.15, 0.2) is 0 Å². The zero-order chi connectivity index (χ0) is 22.7. The number of likely N-dealkylation sites (tertiary alicyclic amines) is 1. The van der Waals surface area contributed by atoms with E-state index in [9.17, 15) is 13.2 Å². The maximum Gasteiger partial charge on any atom is 0.263 e. The number of benzene rings is 2. The van der Waals surface area contributed by atoms with Crippen LogP contribution in [0.4, 0.5) is 0 Å². The van der Waals surface area contributed by atoms with E-state index in [1.54, 1.807) is 24.3 Å². The van der Waals surface area contributed by atoms with Crippen LogP contribution in [-0.4, -0.2) is 50.8 Å². The Hall–Kier alpha value is -2.87. The van der Waals surface area contributed by atoms with Gasteiger partial charge < -0.3 is 9.64 Å². The Morgan fingerprint density at radius 2 is 1.75 bits per heavy atom. The molecule has 0 aromatic heterocycles. The number of carbonyl (C=O) groups excluding carboxylic acids is 1. The lowest BCUT2D eigenvalue weighted by Gasteiger charge is -2.34. The Morgan fingerprint density at radius 3 is 2.44 bits per heavy atom. The van der Waals surface area contributed by atoms with Gasteiger partial charge in [0, 0.05) is 18.7 Å². The summed E-state index contributed by atoms with van der Waals surface area (Å²) < 4.78 is 33.2. The lowest BCUT2D eigenvalue weighted by molar-refractivity contribution is -0.135. The topological polar surface area (TPSA) is 88.1 Å². The maximum absolute atomic E-state index is 13.3. The molecule has 0 saturated carbocycles. The number of para-hydroxylation sites is 1. The predicted molar refractivity (Wildman–Crippen MR) is 123 cm³/mol. The first-order valence-corrected chi connectivity index (χ1v) is 12.5. The number of amides is 1. The lowest BCUT2D eigenvalue weighted by atomic mass is 9.95. The number of carbonyl (C=O) groups is 1. The molecule has 170 valence electrons. The second-order valence-electron chi connectivity index (χ2n) is 8.66. The fourth-order valence-electron chi connectivity index (χ4n) is 4.10. The minimum atomic E-state index is -3.63. The first kappa shape index (κ1) is 22.3. The Balaban J connectivity index is 1.41. The molecule has 0 unspecified atom stereocenters. The van der Waals surface area contributed by atoms with E-state index in [2.05, 4.69) is 9.71 Å². The molecular weight excluding hydrogens is 426 g/mol. The largest absolute Gasteiger partial charge is 0.493 e. The van der Waals surface area contributed by atoms with Gasteiger partial charge in [0.25, 0.3) is 10.0 Å². The van der Waals surface area contributed by atoms with Crippen LogP contribution in [0.1, 0.15) is 32.3 Å². The van der Waals surface area contributed by atoms with E-state index >= 15 is 0 Å². The third-order valence-corrected chi connectivity index (χ3v) is 7.37. The molecule has 0 aliphatic carbocycles. The highest BCUT2D eigenvalue weighted by molar-refractivity contribution is 7.90. The van der Waals surface area contributed by atoms with Gasteiger partial charge in [0.2, 0.25) is 5.91 Å². The Morgan fingerprint density at radius 1 is 1.09 bits per heavy atom. The molecule has 0 radical (unpaired) electrons. The molecule has 4 rings (SSSR count). The van der Waals surface area contributed by atoms with E-state index in [0.717, 1.165) is 18.6 Å². The summed E-state index contributed by atoms with van der Waals surface area (Å²) in [4.78, 5) is 19.9. The van der Waals surface area contributed by atoms with Gasteiger partial charge in [0.05, 0.1) is 11.5 Å². The molecule has 1 amide bonds. The second kappa shape index (κ2) is 9.32. The van der Waals surface area contributed by atoms with Crippen molar-refractivity contribution in [2.24, 2.45) is 16.8 Å². The molecule has 1 N–H and O–H groups in total. The number of aliphatic imine (C=N–C) groups is 1. The number of rotatable bonds is 6. The number of piperidine rings is 1. The summed E-state index contributed by atoms with van der Waals surface area (Å²) in [5.41, 5.74) is 0.516. The summed E-state index contributed by atoms with van der Waals surface area (Å²) in [5.74, 6) is 1.39. The number of hydrogen-bond donors (Lipinski definition) is 1. The fraction of sp³-hybridized carbons (Fsp3) is 0.417. The van der Waals surface area contributed by atoms with Crippen LogP contribution in [0.15, 0.2) is 64.5 Å². The van der Waals surface area contributed by atoms with Crippen LogP contribution >= 0.6 is 0 Å². The predicted octanol–water partition coefficient (Wildman–Crippen LogP) is 3.07. The lowest BCUT2D eigenvalue weighted by Crippen LogP contribution is -2.46. The minimum Gasteiger partial charge on any atom is -0.493 e. The summed E-state index contributed by atoms with van der Waals surface area (Å²) in [6, 6.07) is 15.8. The number of nitrogens with zero attached hydrogens (tertiary/aromatic N) is 2. The Kier molecular flexibility index (Phi) is 6.50. The average Bonchev–Trinajstić information content (AvgIpc) is 3.06. The Labute approximate surface area is 189 Å². The monoisotopic (exact) mass is 455 g/mol. The van der Waals surface area contributed by atoms with Crippen molar-refractivity contribution in [3.8, 4) is 5.75 Å². The normalized spacial score (nSPS) is 20.1. The Bertz CT molecular complexity index is 1090. The molecule has 0 bridgehead atoms. The molecule has 32 heavy (non-hydrogen) atoms. The molecule has 7 nitrogen and oxygen atoms in total. The van der Waals surface area contributed by atoms with Gasteiger partial charge in [-0.05, 0) is 48.9 Å². The molecule has 0 spiro atoms. The molecule has 2 aliphatic rings. The van der Waals surface area contributed by atoms with Crippen LogP contribution in [0.2, 0.25) is 0 Å². The average molecular weight is 456 g/mol. The van der Waals surface area contributed by atoms with Gasteiger partial charge in [-0.2, -0.15) is 0 Å². The van der Waals surface area contributed by atoms with Crippen LogP contribution in [0.25, 0.3) is 0 Å². The number of sulfonamides is 1. The zero-order valence-electron chi connectivity index (χ0n) is 18.4. The van der Waals surface area contributed by atoms with Gasteiger partial charge in [0.1, 0.15) is 17.6 Å². The summed E-state index contributed by atoms with van der Waals surface area (Å²) in [6.45, 7) is 5.81. The summed E-state index contributed by atoms with van der Waals surface area (Å²) in [6.07, 6.45) is 1.74. The molecule has 2 aromatic carbocycles. The summed E-state index contributed by atoms with van der Waals surface area (Å²) in [5, 5.41) is 0. The third kappa shape index (κ3) is 4.80. The van der Waals surface area contributed by atoms with E-state index in [1.165, 1.54) is 0 Å². The van der Waals surface area contributed by atoms with Crippen molar-refractivity contribution in [2.75, 3.05) is 19.7 Å². The molecule has 8 heteroatoms. The van der Waals surface area contributed by atoms with Crippen molar-refractivity contribution in [1.82, 2.24) is 9.62 Å². The van der Waals surface area contributed by atoms with E-state index in [4.69, 9.17) is 4.74 Å². The number of amidine groups is 1. The van der Waals surface area contributed by atoms with Gasteiger partial charge in [-0.1, -0.05) is 44.2 Å². The molecule has 2 aliphatic heterocycles. The first-order chi connectivity index (χ1) is 15.3. The van der Waals surface area contributed by atoms with Crippen LogP contribution in [0, 0.1) is 11.8 Å². The molecule has 2 heterocycles. The van der Waals surface area contributed by atoms with Crippen LogP contribution in [0.5, 0.6) is 5.75 Å². The van der Waals surface area contributed by atoms with E-state index in [1.807, 2.05) is 49.1 Å². The maximum atomic E-state index is 13.3. The summed E-state index contributed by atoms with van der Waals surface area (Å²) >= 11 is 0. The highest BCUT2D eigenvalue weighted by Crippen LogP contribution is 2.25. The SMILES string of the molecule is CC(C)[C@H](N=C1NS(=O)(=O)c2ccccc21)C(=O)N1CCC(COc2ccccc2)CC1. The van der Waals surface area contributed by atoms with Gasteiger partial charge in [-0.15, -0.1) is 0 Å². The number of fused-ring (bicyclic) bond motifs is 1. The van der Waals surface area contributed by atoms with Crippen LogP contribution in [0.3, 0.4) is 0 Å². The van der Waals surface area contributed by atoms with Crippen molar-refractivity contribution < 1.29 is 17.9 Å². The van der Waals surface area contributed by atoms with Crippen molar-refractivity contribution in [1.29, 1.82) is 0 Å². The first-order valence-electron chi connectivity index (χ1n) is 11.0. The van der Waals surface area contributed by atoms with Crippen molar-refractivity contribution >= 4 is 21.8 Å². The summed E-state index contributed by atoms with van der Waals surface area (Å²) in [7, 11) is -3.63. The molecule has 2 aromatic rings. The van der Waals surface area contributed by atoms with Crippen LogP contribution in [-0.2, 0) is 14.8 Å². The standard InChI is InChI=1S/C24H29N3O4S/c1-17(2)22(25-23-20-10-6-7-11-21(20)32(29,30)26-23)24(28)27-14-12-18(13-15-27)16-31-19-8-4-3-5-9-19/h3-11,17-18,22H,12-16H2,1-2H3,(H,25,26)/t22-/m0/s1. The number of nitrogens with one attached hydrogen (secondary N) is 1.